The van der Waals surface area contributed by atoms with Gasteiger partial charge in [-0.2, -0.15) is 5.10 Å². The molecule has 4 aromatic rings. The monoisotopic (exact) mass is 440 g/mol. The summed E-state index contributed by atoms with van der Waals surface area (Å²) in [4.78, 5) is 13.0. The first-order chi connectivity index (χ1) is 15.0. The van der Waals surface area contributed by atoms with Gasteiger partial charge in [-0.1, -0.05) is 41.9 Å². The first-order valence-corrected chi connectivity index (χ1v) is 10.0. The number of nitrogens with zero attached hydrogens (tertiary/aromatic N) is 1. The number of aromatic amines is 1. The van der Waals surface area contributed by atoms with Crippen molar-refractivity contribution in [2.45, 2.75) is 12.3 Å². The maximum absolute atomic E-state index is 14.5. The topological polar surface area (TPSA) is 83.8 Å². The van der Waals surface area contributed by atoms with Crippen LogP contribution in [0.3, 0.4) is 0 Å². The van der Waals surface area contributed by atoms with Crippen molar-refractivity contribution in [1.82, 2.24) is 10.2 Å². The summed E-state index contributed by atoms with van der Waals surface area (Å²) in [5.41, 5.74) is 8.14. The summed E-state index contributed by atoms with van der Waals surface area (Å²) in [6.07, 6.45) is 0.0588. The quantitative estimate of drug-likeness (QED) is 0.359. The van der Waals surface area contributed by atoms with Crippen LogP contribution in [0, 0.1) is 11.6 Å². The highest BCUT2D eigenvalue weighted by Crippen LogP contribution is 2.32. The van der Waals surface area contributed by atoms with Crippen molar-refractivity contribution in [2.24, 2.45) is 5.73 Å². The second-order valence-electron chi connectivity index (χ2n) is 7.07. The third kappa shape index (κ3) is 4.15. The van der Waals surface area contributed by atoms with E-state index in [1.165, 1.54) is 0 Å². The van der Waals surface area contributed by atoms with Crippen LogP contribution in [0.4, 0.5) is 14.5 Å². The van der Waals surface area contributed by atoms with Gasteiger partial charge < -0.3 is 11.1 Å². The molecule has 0 saturated heterocycles. The van der Waals surface area contributed by atoms with Crippen LogP contribution in [0.25, 0.3) is 22.2 Å². The highest BCUT2D eigenvalue weighted by atomic mass is 35.5. The fourth-order valence-electron chi connectivity index (χ4n) is 3.57. The Hall–Kier alpha value is -3.29. The zero-order valence-electron chi connectivity index (χ0n) is 16.3. The minimum absolute atomic E-state index is 0.0588. The number of fused-ring (bicyclic) bond motifs is 1. The Kier molecular flexibility index (Phi) is 5.97. The normalized spacial score (nSPS) is 12.1. The summed E-state index contributed by atoms with van der Waals surface area (Å²) in [5, 5.41) is 10.6. The maximum Gasteiger partial charge on any atom is 0.232 e. The lowest BCUT2D eigenvalue weighted by Crippen LogP contribution is -2.25. The molecule has 4 N–H and O–H groups in total. The van der Waals surface area contributed by atoms with Gasteiger partial charge in [-0.15, -0.1) is 0 Å². The molecule has 8 heteroatoms. The molecular weight excluding hydrogens is 422 g/mol. The molecular formula is C23H19ClF2N4O. The number of nitrogens with two attached hydrogens (primary N) is 1. The predicted molar refractivity (Wildman–Crippen MR) is 118 cm³/mol. The molecule has 0 aliphatic heterocycles. The van der Waals surface area contributed by atoms with E-state index < -0.39 is 23.5 Å². The van der Waals surface area contributed by atoms with Gasteiger partial charge >= 0.3 is 0 Å². The van der Waals surface area contributed by atoms with Crippen LogP contribution >= 0.6 is 11.6 Å². The lowest BCUT2D eigenvalue weighted by Gasteiger charge is -2.18. The molecule has 0 saturated carbocycles. The summed E-state index contributed by atoms with van der Waals surface area (Å²) in [6.45, 7) is 0.0718. The lowest BCUT2D eigenvalue weighted by molar-refractivity contribution is -0.117. The zero-order chi connectivity index (χ0) is 22.0. The van der Waals surface area contributed by atoms with Gasteiger partial charge in [0.15, 0.2) is 0 Å². The van der Waals surface area contributed by atoms with Gasteiger partial charge in [0.25, 0.3) is 0 Å². The molecule has 0 bridgehead atoms. The summed E-state index contributed by atoms with van der Waals surface area (Å²) in [5.74, 6) is -3.49. The van der Waals surface area contributed by atoms with Crippen LogP contribution in [0.2, 0.25) is 5.02 Å². The number of aromatic nitrogens is 2. The molecule has 0 aliphatic carbocycles. The average molecular weight is 441 g/mol. The van der Waals surface area contributed by atoms with E-state index in [1.807, 2.05) is 30.3 Å². The zero-order valence-corrected chi connectivity index (χ0v) is 17.1. The molecule has 0 aliphatic rings. The molecule has 0 spiro atoms. The van der Waals surface area contributed by atoms with Crippen molar-refractivity contribution in [3.63, 3.8) is 0 Å². The smallest absolute Gasteiger partial charge is 0.232 e. The minimum atomic E-state index is -1.13. The third-order valence-corrected chi connectivity index (χ3v) is 5.37. The molecule has 5 nitrogen and oxygen atoms in total. The Balaban J connectivity index is 1.68. The van der Waals surface area contributed by atoms with E-state index in [1.54, 1.807) is 18.2 Å². The number of halogens is 3. The van der Waals surface area contributed by atoms with Crippen LogP contribution < -0.4 is 11.1 Å². The van der Waals surface area contributed by atoms with E-state index in [4.69, 9.17) is 17.3 Å². The molecule has 1 heterocycles. The number of hydrogen-bond acceptors (Lipinski definition) is 3. The van der Waals surface area contributed by atoms with Crippen LogP contribution in [0.5, 0.6) is 0 Å². The Morgan fingerprint density at radius 1 is 1.13 bits per heavy atom. The van der Waals surface area contributed by atoms with Crippen LogP contribution in [-0.2, 0) is 4.79 Å². The Morgan fingerprint density at radius 3 is 2.65 bits per heavy atom. The number of rotatable bonds is 6. The fourth-order valence-corrected chi connectivity index (χ4v) is 3.74. The minimum Gasteiger partial charge on any atom is -0.330 e. The molecule has 1 amide bonds. The Labute approximate surface area is 182 Å². The molecule has 158 valence electrons. The molecule has 1 unspecified atom stereocenters. The Morgan fingerprint density at radius 2 is 1.90 bits per heavy atom. The number of benzene rings is 3. The first kappa shape index (κ1) is 21.0. The second kappa shape index (κ2) is 8.83. The van der Waals surface area contributed by atoms with E-state index in [9.17, 15) is 13.6 Å². The first-order valence-electron chi connectivity index (χ1n) is 9.67. The summed E-state index contributed by atoms with van der Waals surface area (Å²) < 4.78 is 28.9. The fraction of sp³-hybridized carbons (Fsp3) is 0.130. The number of carbonyl (C=O) groups excluding carboxylic acids is 1. The standard InChI is InChI=1S/C23H19ClF2N4O/c24-17-7-8-18(25)20(21(17)26)15(10-11-27)23(31)28-14-6-9-19-16(12-14)22(30-29-19)13-4-2-1-3-5-13/h1-9,12,15H,10-11,27H2,(H,28,31)(H,29,30). The highest BCUT2D eigenvalue weighted by Gasteiger charge is 2.28. The number of amides is 1. The van der Waals surface area contributed by atoms with E-state index >= 15 is 0 Å². The van der Waals surface area contributed by atoms with Crippen molar-refractivity contribution in [1.29, 1.82) is 0 Å². The van der Waals surface area contributed by atoms with Crippen molar-refractivity contribution in [2.75, 3.05) is 11.9 Å². The van der Waals surface area contributed by atoms with Gasteiger partial charge in [0, 0.05) is 22.2 Å². The molecule has 0 fully saturated rings. The van der Waals surface area contributed by atoms with Gasteiger partial charge in [-0.25, -0.2) is 8.78 Å². The highest BCUT2D eigenvalue weighted by molar-refractivity contribution is 6.30. The van der Waals surface area contributed by atoms with E-state index in [2.05, 4.69) is 15.5 Å². The number of hydrogen-bond donors (Lipinski definition) is 3. The molecule has 1 atom stereocenters. The lowest BCUT2D eigenvalue weighted by atomic mass is 9.93. The number of carbonyl (C=O) groups is 1. The summed E-state index contributed by atoms with van der Waals surface area (Å²) in [7, 11) is 0. The van der Waals surface area contributed by atoms with Crippen molar-refractivity contribution in [3.8, 4) is 11.3 Å². The molecule has 3 aromatic carbocycles. The maximum atomic E-state index is 14.5. The molecule has 0 radical (unpaired) electrons. The van der Waals surface area contributed by atoms with Crippen molar-refractivity contribution >= 4 is 34.1 Å². The largest absolute Gasteiger partial charge is 0.330 e. The summed E-state index contributed by atoms with van der Waals surface area (Å²) in [6, 6.07) is 17.0. The van der Waals surface area contributed by atoms with Gasteiger partial charge in [-0.3, -0.25) is 9.89 Å². The molecule has 4 rings (SSSR count). The molecule has 31 heavy (non-hydrogen) atoms. The van der Waals surface area contributed by atoms with Gasteiger partial charge in [0.05, 0.1) is 22.2 Å². The third-order valence-electron chi connectivity index (χ3n) is 5.08. The second-order valence-corrected chi connectivity index (χ2v) is 7.48. The Bertz CT molecular complexity index is 1240. The SMILES string of the molecule is NCCC(C(=O)Nc1ccc2[nH]nc(-c3ccccc3)c2c1)c1c(F)ccc(Cl)c1F. The van der Waals surface area contributed by atoms with E-state index in [-0.39, 0.29) is 23.6 Å². The number of anilines is 1. The van der Waals surface area contributed by atoms with Crippen LogP contribution in [-0.4, -0.2) is 22.6 Å². The predicted octanol–water partition coefficient (Wildman–Crippen LogP) is 5.23. The number of H-pyrrole nitrogens is 1. The number of nitrogens with one attached hydrogen (secondary N) is 2. The van der Waals surface area contributed by atoms with E-state index in [0.717, 1.165) is 34.3 Å². The van der Waals surface area contributed by atoms with Crippen molar-refractivity contribution in [3.05, 3.63) is 82.9 Å². The van der Waals surface area contributed by atoms with Crippen LogP contribution in [0.1, 0.15) is 17.9 Å². The average Bonchev–Trinajstić information content (AvgIpc) is 3.20. The van der Waals surface area contributed by atoms with Gasteiger partial charge in [-0.05, 0) is 43.3 Å². The molecule has 1 aromatic heterocycles. The van der Waals surface area contributed by atoms with Crippen LogP contribution in [0.15, 0.2) is 60.7 Å². The van der Waals surface area contributed by atoms with Crippen molar-refractivity contribution < 1.29 is 13.6 Å². The van der Waals surface area contributed by atoms with Gasteiger partial charge in [0.1, 0.15) is 11.6 Å². The van der Waals surface area contributed by atoms with E-state index in [0.29, 0.717) is 5.69 Å². The summed E-state index contributed by atoms with van der Waals surface area (Å²) >= 11 is 5.81. The van der Waals surface area contributed by atoms with Gasteiger partial charge in [0.2, 0.25) is 5.91 Å².